The first-order valence-electron chi connectivity index (χ1n) is 13.0. The first-order chi connectivity index (χ1) is 18.5. The molecule has 38 heavy (non-hydrogen) atoms. The Hall–Kier alpha value is -3.85. The van der Waals surface area contributed by atoms with E-state index < -0.39 is 12.1 Å². The van der Waals surface area contributed by atoms with Gasteiger partial charge in [0.05, 0.1) is 12.6 Å². The van der Waals surface area contributed by atoms with Crippen molar-refractivity contribution in [3.8, 4) is 10.4 Å². The van der Waals surface area contributed by atoms with Gasteiger partial charge in [-0.2, -0.15) is 0 Å². The predicted molar refractivity (Wildman–Crippen MR) is 143 cm³/mol. The van der Waals surface area contributed by atoms with Crippen LogP contribution < -0.4 is 5.32 Å². The smallest absolute Gasteiger partial charge is 0.273 e. The van der Waals surface area contributed by atoms with Crippen molar-refractivity contribution in [2.75, 3.05) is 13.1 Å². The number of carbonyl (C=O) groups is 4. The van der Waals surface area contributed by atoms with Crippen LogP contribution in [0.2, 0.25) is 0 Å². The number of hydrogen-bond acceptors (Lipinski definition) is 6. The van der Waals surface area contributed by atoms with Crippen molar-refractivity contribution in [1.82, 2.24) is 20.1 Å². The van der Waals surface area contributed by atoms with E-state index in [2.05, 4.69) is 10.3 Å². The summed E-state index contributed by atoms with van der Waals surface area (Å²) in [5, 5.41) is 4.97. The first kappa shape index (κ1) is 24.5. The van der Waals surface area contributed by atoms with E-state index in [0.717, 1.165) is 23.3 Å². The molecule has 6 rings (SSSR count). The minimum Gasteiger partial charge on any atom is -0.340 e. The molecule has 0 bridgehead atoms. The Kier molecular flexibility index (Phi) is 6.53. The molecule has 194 valence electrons. The Morgan fingerprint density at radius 2 is 1.82 bits per heavy atom. The molecule has 1 N–H and O–H groups in total. The van der Waals surface area contributed by atoms with Crippen molar-refractivity contribution in [3.63, 3.8) is 0 Å². The fraction of sp³-hybridized carbons (Fsp3) is 0.345. The fourth-order valence-corrected chi connectivity index (χ4v) is 6.29. The van der Waals surface area contributed by atoms with Crippen LogP contribution in [0.4, 0.5) is 0 Å². The van der Waals surface area contributed by atoms with Gasteiger partial charge < -0.3 is 15.1 Å². The van der Waals surface area contributed by atoms with E-state index in [0.29, 0.717) is 30.9 Å². The van der Waals surface area contributed by atoms with Crippen molar-refractivity contribution in [3.05, 3.63) is 77.4 Å². The predicted octanol–water partition coefficient (Wildman–Crippen LogP) is 3.40. The number of carbonyl (C=O) groups excluding carboxylic acids is 4. The fourth-order valence-electron chi connectivity index (χ4n) is 5.55. The first-order valence-corrected chi connectivity index (χ1v) is 13.9. The lowest BCUT2D eigenvalue weighted by Gasteiger charge is -2.28. The molecule has 3 amide bonds. The largest absolute Gasteiger partial charge is 0.340 e. The number of pyridine rings is 1. The number of fused-ring (bicyclic) bond motifs is 1. The molecule has 0 radical (unpaired) electrons. The van der Waals surface area contributed by atoms with Crippen molar-refractivity contribution in [2.45, 2.75) is 43.8 Å². The van der Waals surface area contributed by atoms with E-state index in [4.69, 9.17) is 0 Å². The number of nitrogens with one attached hydrogen (secondary N) is 1. The highest BCUT2D eigenvalue weighted by atomic mass is 32.1. The number of nitrogens with zero attached hydrogens (tertiary/aromatic N) is 3. The Morgan fingerprint density at radius 1 is 1.00 bits per heavy atom. The zero-order valence-corrected chi connectivity index (χ0v) is 21.6. The molecule has 9 heteroatoms. The number of hydrogen-bond donors (Lipinski definition) is 1. The minimum atomic E-state index is -0.709. The number of rotatable bonds is 7. The lowest BCUT2D eigenvalue weighted by molar-refractivity contribution is -0.138. The van der Waals surface area contributed by atoms with Crippen LogP contribution >= 0.6 is 11.3 Å². The van der Waals surface area contributed by atoms with Crippen molar-refractivity contribution < 1.29 is 19.2 Å². The van der Waals surface area contributed by atoms with Gasteiger partial charge in [-0.3, -0.25) is 24.2 Å². The summed E-state index contributed by atoms with van der Waals surface area (Å²) in [6.07, 6.45) is 4.69. The quantitative estimate of drug-likeness (QED) is 0.507. The molecular formula is C29H28N4O4S. The van der Waals surface area contributed by atoms with Gasteiger partial charge in [0.25, 0.3) is 11.8 Å². The Balaban J connectivity index is 1.17. The third-order valence-corrected chi connectivity index (χ3v) is 8.59. The van der Waals surface area contributed by atoms with E-state index in [9.17, 15) is 19.2 Å². The van der Waals surface area contributed by atoms with Gasteiger partial charge in [0.2, 0.25) is 5.91 Å². The van der Waals surface area contributed by atoms with E-state index in [1.807, 2.05) is 29.6 Å². The second-order valence-corrected chi connectivity index (χ2v) is 11.2. The van der Waals surface area contributed by atoms with Gasteiger partial charge in [-0.15, -0.1) is 11.3 Å². The Bertz CT molecular complexity index is 1350. The average molecular weight is 529 g/mol. The maximum Gasteiger partial charge on any atom is 0.273 e. The van der Waals surface area contributed by atoms with Gasteiger partial charge in [0, 0.05) is 23.2 Å². The number of ketones is 1. The molecule has 0 spiro atoms. The van der Waals surface area contributed by atoms with E-state index in [1.165, 1.54) is 0 Å². The van der Waals surface area contributed by atoms with Crippen molar-refractivity contribution in [1.29, 1.82) is 0 Å². The molecule has 3 atom stereocenters. The summed E-state index contributed by atoms with van der Waals surface area (Å²) in [5.74, 6) is -0.596. The molecule has 3 aliphatic rings. The highest BCUT2D eigenvalue weighted by Gasteiger charge is 2.52. The maximum absolute atomic E-state index is 13.8. The molecule has 8 nitrogen and oxygen atoms in total. The number of Topliss-reactive ketones (excluding diaryl/α,β-unsaturated/α-hetero) is 1. The van der Waals surface area contributed by atoms with Gasteiger partial charge >= 0.3 is 0 Å². The molecule has 1 aliphatic carbocycles. The van der Waals surface area contributed by atoms with Crippen molar-refractivity contribution in [2.24, 2.45) is 5.92 Å². The number of thiophene rings is 1. The molecule has 1 aromatic carbocycles. The van der Waals surface area contributed by atoms with Crippen LogP contribution in [0.3, 0.4) is 0 Å². The summed E-state index contributed by atoms with van der Waals surface area (Å²) in [7, 11) is 0. The third kappa shape index (κ3) is 4.74. The molecule has 2 aliphatic heterocycles. The number of aromatic nitrogens is 1. The van der Waals surface area contributed by atoms with Crippen LogP contribution in [0, 0.1) is 5.92 Å². The minimum absolute atomic E-state index is 0.0369. The Labute approximate surface area is 224 Å². The summed E-state index contributed by atoms with van der Waals surface area (Å²) in [5.41, 5.74) is 1.81. The average Bonchev–Trinajstić information content (AvgIpc) is 3.32. The third-order valence-electron chi connectivity index (χ3n) is 7.67. The summed E-state index contributed by atoms with van der Waals surface area (Å²) >= 11 is 1.63. The van der Waals surface area contributed by atoms with Crippen LogP contribution in [0.25, 0.3) is 10.4 Å². The topological polar surface area (TPSA) is 99.7 Å². The van der Waals surface area contributed by atoms with Crippen LogP contribution in [-0.4, -0.2) is 69.5 Å². The number of likely N-dealkylation sites (tertiary alicyclic amines) is 2. The number of benzene rings is 1. The Morgan fingerprint density at radius 3 is 2.50 bits per heavy atom. The van der Waals surface area contributed by atoms with Gasteiger partial charge in [0.15, 0.2) is 5.78 Å². The summed E-state index contributed by atoms with van der Waals surface area (Å²) in [6.45, 7) is 0.337. The van der Waals surface area contributed by atoms with Gasteiger partial charge in [-0.1, -0.05) is 37.1 Å². The summed E-state index contributed by atoms with van der Waals surface area (Å²) < 4.78 is 0. The summed E-state index contributed by atoms with van der Waals surface area (Å²) in [6, 6.07) is 14.7. The second-order valence-electron chi connectivity index (χ2n) is 10.2. The second kappa shape index (κ2) is 10.1. The van der Waals surface area contributed by atoms with E-state index >= 15 is 0 Å². The normalized spacial score (nSPS) is 21.3. The van der Waals surface area contributed by atoms with Crippen LogP contribution in [0.1, 0.15) is 46.5 Å². The van der Waals surface area contributed by atoms with Crippen LogP contribution in [0.5, 0.6) is 0 Å². The zero-order chi connectivity index (χ0) is 26.2. The molecule has 1 saturated carbocycles. The summed E-state index contributed by atoms with van der Waals surface area (Å²) in [4.78, 5) is 61.4. The molecule has 4 heterocycles. The molecule has 2 saturated heterocycles. The standard InChI is InChI=1S/C29H28N4O4S/c34-24-17-33(28(36)21-4-1-2-13-30-21)23-12-14-32(26(23)24)29(37)22(16-18-6-7-18)31-27(35)20-10-8-19(9-11-20)25-5-3-15-38-25/h1-5,8-11,13,15,18,22-23,26H,6-7,12,14,16-17H2,(H,31,35). The molecule has 3 fully saturated rings. The van der Waals surface area contributed by atoms with Crippen molar-refractivity contribution >= 4 is 34.8 Å². The highest BCUT2D eigenvalue weighted by molar-refractivity contribution is 7.13. The van der Waals surface area contributed by atoms with Crippen LogP contribution in [0.15, 0.2) is 66.2 Å². The maximum atomic E-state index is 13.8. The van der Waals surface area contributed by atoms with Gasteiger partial charge in [-0.25, -0.2) is 0 Å². The van der Waals surface area contributed by atoms with E-state index in [-0.39, 0.29) is 41.8 Å². The SMILES string of the molecule is O=C(NC(CC1CC1)C(=O)N1CCC2C1C(=O)CN2C(=O)c1ccccn1)c1ccc(-c2cccs2)cc1. The van der Waals surface area contributed by atoms with Gasteiger partial charge in [0.1, 0.15) is 17.8 Å². The number of amides is 3. The lowest BCUT2D eigenvalue weighted by Crippen LogP contribution is -2.52. The molecule has 2 aromatic heterocycles. The molecule has 3 aromatic rings. The van der Waals surface area contributed by atoms with Gasteiger partial charge in [-0.05, 0) is 60.0 Å². The lowest BCUT2D eigenvalue weighted by atomic mass is 10.0. The zero-order valence-electron chi connectivity index (χ0n) is 20.8. The van der Waals surface area contributed by atoms with E-state index in [1.54, 1.807) is 57.7 Å². The molecular weight excluding hydrogens is 500 g/mol. The van der Waals surface area contributed by atoms with Crippen LogP contribution in [-0.2, 0) is 9.59 Å². The monoisotopic (exact) mass is 528 g/mol. The molecule has 3 unspecified atom stereocenters. The highest BCUT2D eigenvalue weighted by Crippen LogP contribution is 2.36.